The lowest BCUT2D eigenvalue weighted by Gasteiger charge is -2.17. The molecular formula is C18H21NO3. The number of hydrogen-bond donors (Lipinski definition) is 2. The predicted molar refractivity (Wildman–Crippen MR) is 88.2 cm³/mol. The van der Waals surface area contributed by atoms with E-state index < -0.39 is 5.97 Å². The topological polar surface area (TPSA) is 72.5 Å². The summed E-state index contributed by atoms with van der Waals surface area (Å²) >= 11 is 0. The van der Waals surface area contributed by atoms with Crippen LogP contribution in [0.25, 0.3) is 11.1 Å². The number of anilines is 1. The Hall–Kier alpha value is -2.49. The number of aliphatic carboxylic acids is 1. The van der Waals surface area contributed by atoms with Crippen LogP contribution in [0, 0.1) is 6.92 Å². The molecule has 0 fully saturated rings. The van der Waals surface area contributed by atoms with Gasteiger partial charge in [-0.05, 0) is 59.4 Å². The van der Waals surface area contributed by atoms with E-state index in [1.54, 1.807) is 0 Å². The molecular weight excluding hydrogens is 278 g/mol. The number of hydrogen-bond acceptors (Lipinski definition) is 3. The van der Waals surface area contributed by atoms with Crippen LogP contribution in [0.1, 0.15) is 30.9 Å². The van der Waals surface area contributed by atoms with Gasteiger partial charge in [-0.3, -0.25) is 0 Å². The smallest absolute Gasteiger partial charge is 0.341 e. The molecule has 22 heavy (non-hydrogen) atoms. The van der Waals surface area contributed by atoms with E-state index in [4.69, 9.17) is 15.6 Å². The highest BCUT2D eigenvalue weighted by atomic mass is 16.5. The molecule has 0 saturated carbocycles. The van der Waals surface area contributed by atoms with E-state index in [0.29, 0.717) is 5.75 Å². The second-order valence-electron chi connectivity index (χ2n) is 5.66. The molecule has 4 heteroatoms. The molecule has 0 aliphatic carbocycles. The zero-order valence-corrected chi connectivity index (χ0v) is 13.1. The number of nitrogen functional groups attached to an aromatic ring is 1. The predicted octanol–water partition coefficient (Wildman–Crippen LogP) is 3.83. The zero-order chi connectivity index (χ0) is 16.3. The molecule has 4 nitrogen and oxygen atoms in total. The Morgan fingerprint density at radius 2 is 1.86 bits per heavy atom. The average molecular weight is 299 g/mol. The van der Waals surface area contributed by atoms with Crippen LogP contribution in [0.3, 0.4) is 0 Å². The summed E-state index contributed by atoms with van der Waals surface area (Å²) in [6.07, 6.45) is 0. The van der Waals surface area contributed by atoms with Crippen LogP contribution in [0.15, 0.2) is 36.4 Å². The second kappa shape index (κ2) is 6.52. The van der Waals surface area contributed by atoms with Gasteiger partial charge in [-0.2, -0.15) is 0 Å². The van der Waals surface area contributed by atoms with Crippen molar-refractivity contribution in [2.45, 2.75) is 26.7 Å². The van der Waals surface area contributed by atoms with Crippen molar-refractivity contribution in [1.82, 2.24) is 0 Å². The summed E-state index contributed by atoms with van der Waals surface area (Å²) in [6, 6.07) is 11.7. The highest BCUT2D eigenvalue weighted by Gasteiger charge is 2.14. The van der Waals surface area contributed by atoms with Crippen molar-refractivity contribution in [3.63, 3.8) is 0 Å². The van der Waals surface area contributed by atoms with Crippen molar-refractivity contribution in [3.8, 4) is 16.9 Å². The lowest BCUT2D eigenvalue weighted by Crippen LogP contribution is -2.11. The molecule has 2 aromatic rings. The normalized spacial score (nSPS) is 10.7. The molecule has 0 aliphatic rings. The number of carbonyl (C=O) groups is 1. The van der Waals surface area contributed by atoms with E-state index in [9.17, 15) is 4.79 Å². The van der Waals surface area contributed by atoms with Crippen LogP contribution >= 0.6 is 0 Å². The molecule has 116 valence electrons. The van der Waals surface area contributed by atoms with Crippen molar-refractivity contribution in [2.24, 2.45) is 0 Å². The van der Waals surface area contributed by atoms with E-state index >= 15 is 0 Å². The number of carboxylic acids is 1. The summed E-state index contributed by atoms with van der Waals surface area (Å²) in [7, 11) is 0. The fourth-order valence-corrected chi connectivity index (χ4v) is 2.39. The first-order valence-corrected chi connectivity index (χ1v) is 7.23. The summed E-state index contributed by atoms with van der Waals surface area (Å²) in [5.74, 6) is -0.110. The Morgan fingerprint density at radius 1 is 1.23 bits per heavy atom. The highest BCUT2D eigenvalue weighted by molar-refractivity contribution is 5.72. The van der Waals surface area contributed by atoms with Crippen LogP contribution in [-0.2, 0) is 4.79 Å². The minimum Gasteiger partial charge on any atom is -0.482 e. The number of carboxylic acid groups (broad SMARTS) is 1. The van der Waals surface area contributed by atoms with E-state index in [-0.39, 0.29) is 12.5 Å². The molecule has 2 aromatic carbocycles. The lowest BCUT2D eigenvalue weighted by atomic mass is 9.93. The minimum atomic E-state index is -0.977. The molecule has 0 bridgehead atoms. The SMILES string of the molecule is Cc1cc(OCC(=O)O)c(C(C)C)cc1-c1ccc(N)cc1. The van der Waals surface area contributed by atoms with E-state index in [0.717, 1.165) is 27.9 Å². The first-order valence-electron chi connectivity index (χ1n) is 7.23. The van der Waals surface area contributed by atoms with Gasteiger partial charge in [0.15, 0.2) is 6.61 Å². The molecule has 0 unspecified atom stereocenters. The summed E-state index contributed by atoms with van der Waals surface area (Å²) in [5, 5.41) is 8.80. The standard InChI is InChI=1S/C18H21NO3/c1-11(2)15-9-16(13-4-6-14(19)7-5-13)12(3)8-17(15)22-10-18(20)21/h4-9,11H,10,19H2,1-3H3,(H,20,21). The van der Waals surface area contributed by atoms with Crippen molar-refractivity contribution in [1.29, 1.82) is 0 Å². The van der Waals surface area contributed by atoms with Gasteiger partial charge < -0.3 is 15.6 Å². The van der Waals surface area contributed by atoms with Crippen molar-refractivity contribution >= 4 is 11.7 Å². The van der Waals surface area contributed by atoms with Crippen molar-refractivity contribution < 1.29 is 14.6 Å². The highest BCUT2D eigenvalue weighted by Crippen LogP contribution is 2.34. The molecule has 0 aliphatic heterocycles. The molecule has 0 saturated heterocycles. The Morgan fingerprint density at radius 3 is 2.41 bits per heavy atom. The summed E-state index contributed by atoms with van der Waals surface area (Å²) in [5.41, 5.74) is 10.7. The zero-order valence-electron chi connectivity index (χ0n) is 13.1. The quantitative estimate of drug-likeness (QED) is 0.823. The van der Waals surface area contributed by atoms with Crippen LogP contribution in [0.2, 0.25) is 0 Å². The summed E-state index contributed by atoms with van der Waals surface area (Å²) < 4.78 is 5.43. The molecule has 2 rings (SSSR count). The Bertz CT molecular complexity index is 675. The summed E-state index contributed by atoms with van der Waals surface area (Å²) in [4.78, 5) is 10.7. The second-order valence-corrected chi connectivity index (χ2v) is 5.66. The van der Waals surface area contributed by atoms with Gasteiger partial charge in [0.1, 0.15) is 5.75 Å². The lowest BCUT2D eigenvalue weighted by molar-refractivity contribution is -0.139. The number of benzene rings is 2. The fourth-order valence-electron chi connectivity index (χ4n) is 2.39. The molecule has 0 amide bonds. The molecule has 0 radical (unpaired) electrons. The van der Waals surface area contributed by atoms with E-state index in [2.05, 4.69) is 19.9 Å². The average Bonchev–Trinajstić information content (AvgIpc) is 2.46. The molecule has 0 aromatic heterocycles. The van der Waals surface area contributed by atoms with Gasteiger partial charge in [-0.1, -0.05) is 26.0 Å². The molecule has 3 N–H and O–H groups in total. The van der Waals surface area contributed by atoms with Gasteiger partial charge in [-0.25, -0.2) is 4.79 Å². The number of aryl methyl sites for hydroxylation is 1. The van der Waals surface area contributed by atoms with Gasteiger partial charge in [-0.15, -0.1) is 0 Å². The van der Waals surface area contributed by atoms with Crippen LogP contribution in [0.4, 0.5) is 5.69 Å². The molecule has 0 heterocycles. The monoisotopic (exact) mass is 299 g/mol. The van der Waals surface area contributed by atoms with Crippen LogP contribution in [-0.4, -0.2) is 17.7 Å². The number of nitrogens with two attached hydrogens (primary N) is 1. The molecule has 0 spiro atoms. The third-order valence-corrected chi connectivity index (χ3v) is 3.55. The third-order valence-electron chi connectivity index (χ3n) is 3.55. The minimum absolute atomic E-state index is 0.233. The summed E-state index contributed by atoms with van der Waals surface area (Å²) in [6.45, 7) is 5.78. The number of rotatable bonds is 5. The number of ether oxygens (including phenoxy) is 1. The van der Waals surface area contributed by atoms with Crippen molar-refractivity contribution in [2.75, 3.05) is 12.3 Å². The van der Waals surface area contributed by atoms with Gasteiger partial charge >= 0.3 is 5.97 Å². The van der Waals surface area contributed by atoms with E-state index in [1.165, 1.54) is 0 Å². The Balaban J connectivity index is 2.46. The maximum atomic E-state index is 10.7. The largest absolute Gasteiger partial charge is 0.482 e. The van der Waals surface area contributed by atoms with E-state index in [1.807, 2.05) is 37.3 Å². The third kappa shape index (κ3) is 3.58. The Labute approximate surface area is 130 Å². The van der Waals surface area contributed by atoms with Crippen LogP contribution < -0.4 is 10.5 Å². The molecule has 0 atom stereocenters. The first-order chi connectivity index (χ1) is 10.4. The van der Waals surface area contributed by atoms with Gasteiger partial charge in [0.05, 0.1) is 0 Å². The van der Waals surface area contributed by atoms with Gasteiger partial charge in [0.2, 0.25) is 0 Å². The van der Waals surface area contributed by atoms with Gasteiger partial charge in [0.25, 0.3) is 0 Å². The maximum Gasteiger partial charge on any atom is 0.341 e. The Kier molecular flexibility index (Phi) is 4.71. The van der Waals surface area contributed by atoms with Gasteiger partial charge in [0, 0.05) is 5.69 Å². The van der Waals surface area contributed by atoms with Crippen LogP contribution in [0.5, 0.6) is 5.75 Å². The van der Waals surface area contributed by atoms with Crippen molar-refractivity contribution in [3.05, 3.63) is 47.5 Å². The maximum absolute atomic E-state index is 10.7. The fraction of sp³-hybridized carbons (Fsp3) is 0.278. The first kappa shape index (κ1) is 15.9.